The Labute approximate surface area is 200 Å². The molecule has 168 valence electrons. The number of hydrogen-bond acceptors (Lipinski definition) is 5. The van der Waals surface area contributed by atoms with Gasteiger partial charge in [0.15, 0.2) is 10.8 Å². The summed E-state index contributed by atoms with van der Waals surface area (Å²) in [6, 6.07) is 24.1. The average molecular weight is 467 g/mol. The van der Waals surface area contributed by atoms with Crippen molar-refractivity contribution in [3.05, 3.63) is 90.1 Å². The maximum atomic E-state index is 12.9. The Balaban J connectivity index is 1.26. The molecule has 1 aliphatic rings. The minimum absolute atomic E-state index is 0.129. The van der Waals surface area contributed by atoms with Crippen molar-refractivity contribution in [1.29, 1.82) is 0 Å². The van der Waals surface area contributed by atoms with Gasteiger partial charge in [-0.25, -0.2) is 4.68 Å². The van der Waals surface area contributed by atoms with E-state index in [1.807, 2.05) is 65.2 Å². The molecule has 3 aromatic heterocycles. The lowest BCUT2D eigenvalue weighted by Gasteiger charge is -2.08. The summed E-state index contributed by atoms with van der Waals surface area (Å²) in [7, 11) is 0. The number of para-hydroxylation sites is 1. The summed E-state index contributed by atoms with van der Waals surface area (Å²) in [6.45, 7) is 0. The zero-order valence-corrected chi connectivity index (χ0v) is 19.2. The number of aryl methyl sites for hydroxylation is 2. The van der Waals surface area contributed by atoms with Crippen LogP contribution in [0.25, 0.3) is 22.6 Å². The Bertz CT molecular complexity index is 1490. The van der Waals surface area contributed by atoms with E-state index in [1.165, 1.54) is 29.3 Å². The van der Waals surface area contributed by atoms with Gasteiger partial charge in [-0.15, -0.1) is 10.2 Å². The van der Waals surface area contributed by atoms with E-state index in [-0.39, 0.29) is 11.7 Å². The van der Waals surface area contributed by atoms with Crippen molar-refractivity contribution in [1.82, 2.24) is 24.4 Å². The third-order valence-corrected chi connectivity index (χ3v) is 6.93. The molecular formula is C26H22N6OS. The average Bonchev–Trinajstić information content (AvgIpc) is 3.61. The molecule has 1 aliphatic carbocycles. The van der Waals surface area contributed by atoms with Gasteiger partial charge >= 0.3 is 0 Å². The number of pyridine rings is 1. The van der Waals surface area contributed by atoms with Crippen molar-refractivity contribution in [2.24, 2.45) is 0 Å². The van der Waals surface area contributed by atoms with Crippen LogP contribution in [0.2, 0.25) is 0 Å². The van der Waals surface area contributed by atoms with E-state index in [0.717, 1.165) is 35.4 Å². The van der Waals surface area contributed by atoms with E-state index < -0.39 is 0 Å². The number of fused-ring (bicyclic) bond motifs is 2. The third kappa shape index (κ3) is 3.97. The molecule has 1 amide bonds. The van der Waals surface area contributed by atoms with E-state index in [0.29, 0.717) is 11.0 Å². The van der Waals surface area contributed by atoms with Crippen molar-refractivity contribution in [2.45, 2.75) is 24.4 Å². The fraction of sp³-hybridized carbons (Fsp3) is 0.154. The van der Waals surface area contributed by atoms with Crippen LogP contribution in [0.15, 0.2) is 84.1 Å². The second kappa shape index (κ2) is 8.79. The van der Waals surface area contributed by atoms with Crippen molar-refractivity contribution in [2.75, 3.05) is 11.1 Å². The molecule has 2 aromatic carbocycles. The lowest BCUT2D eigenvalue weighted by molar-refractivity contribution is -0.113. The second-order valence-corrected chi connectivity index (χ2v) is 9.19. The molecule has 6 rings (SSSR count). The van der Waals surface area contributed by atoms with Gasteiger partial charge in [-0.2, -0.15) is 5.10 Å². The first-order chi connectivity index (χ1) is 16.7. The van der Waals surface area contributed by atoms with Crippen molar-refractivity contribution in [3.8, 4) is 16.9 Å². The highest BCUT2D eigenvalue weighted by molar-refractivity contribution is 7.99. The molecule has 0 aliphatic heterocycles. The van der Waals surface area contributed by atoms with Crippen LogP contribution in [0, 0.1) is 0 Å². The largest absolute Gasteiger partial charge is 0.310 e. The Morgan fingerprint density at radius 1 is 0.941 bits per heavy atom. The molecule has 34 heavy (non-hydrogen) atoms. The topological polar surface area (TPSA) is 77.1 Å². The first-order valence-electron chi connectivity index (χ1n) is 11.2. The Morgan fingerprint density at radius 3 is 2.71 bits per heavy atom. The Kier molecular flexibility index (Phi) is 5.35. The predicted molar refractivity (Wildman–Crippen MR) is 133 cm³/mol. The number of nitrogens with zero attached hydrogens (tertiary/aromatic N) is 5. The van der Waals surface area contributed by atoms with Crippen molar-refractivity contribution in [3.63, 3.8) is 0 Å². The molecule has 0 spiro atoms. The van der Waals surface area contributed by atoms with Crippen molar-refractivity contribution < 1.29 is 4.79 Å². The highest BCUT2D eigenvalue weighted by Crippen LogP contribution is 2.30. The number of rotatable bonds is 6. The monoisotopic (exact) mass is 466 g/mol. The maximum Gasteiger partial charge on any atom is 0.236 e. The number of carbonyl (C=O) groups is 1. The summed E-state index contributed by atoms with van der Waals surface area (Å²) in [5.41, 5.74) is 6.38. The highest BCUT2D eigenvalue weighted by atomic mass is 32.2. The van der Waals surface area contributed by atoms with Crippen LogP contribution in [0.5, 0.6) is 0 Å². The van der Waals surface area contributed by atoms with Gasteiger partial charge in [0.1, 0.15) is 5.82 Å². The van der Waals surface area contributed by atoms with Gasteiger partial charge in [0.2, 0.25) is 5.91 Å². The van der Waals surface area contributed by atoms with E-state index in [1.54, 1.807) is 4.68 Å². The minimum Gasteiger partial charge on any atom is -0.310 e. The van der Waals surface area contributed by atoms with E-state index in [9.17, 15) is 4.79 Å². The fourth-order valence-electron chi connectivity index (χ4n) is 4.34. The number of aromatic nitrogens is 5. The summed E-state index contributed by atoms with van der Waals surface area (Å²) >= 11 is 1.35. The molecule has 0 bridgehead atoms. The van der Waals surface area contributed by atoms with Crippen LogP contribution in [0.3, 0.4) is 0 Å². The van der Waals surface area contributed by atoms with Crippen LogP contribution < -0.4 is 5.32 Å². The van der Waals surface area contributed by atoms with Gasteiger partial charge in [-0.3, -0.25) is 9.20 Å². The minimum atomic E-state index is -0.129. The van der Waals surface area contributed by atoms with Crippen LogP contribution in [0.1, 0.15) is 17.5 Å². The molecule has 7 nitrogen and oxygen atoms in total. The van der Waals surface area contributed by atoms with Crippen molar-refractivity contribution >= 4 is 29.1 Å². The first kappa shape index (κ1) is 20.7. The number of thioether (sulfide) groups is 1. The number of amides is 1. The van der Waals surface area contributed by atoms with Crippen LogP contribution in [-0.4, -0.2) is 36.0 Å². The molecule has 3 heterocycles. The van der Waals surface area contributed by atoms with E-state index >= 15 is 0 Å². The molecule has 0 saturated heterocycles. The highest BCUT2D eigenvalue weighted by Gasteiger charge is 2.17. The second-order valence-electron chi connectivity index (χ2n) is 8.25. The van der Waals surface area contributed by atoms with Crippen LogP contribution in [-0.2, 0) is 17.6 Å². The van der Waals surface area contributed by atoms with Crippen LogP contribution >= 0.6 is 11.8 Å². The van der Waals surface area contributed by atoms with Gasteiger partial charge in [0, 0.05) is 17.8 Å². The summed E-state index contributed by atoms with van der Waals surface area (Å²) in [6.07, 6.45) is 5.36. The number of benzene rings is 2. The van der Waals surface area contributed by atoms with Crippen LogP contribution in [0.4, 0.5) is 5.82 Å². The number of hydrogen-bond donors (Lipinski definition) is 1. The summed E-state index contributed by atoms with van der Waals surface area (Å²) in [5, 5.41) is 16.9. The molecule has 0 saturated carbocycles. The zero-order chi connectivity index (χ0) is 22.9. The SMILES string of the molecule is O=C(CSc1nnc2ccccn12)Nc1cc(-c2ccc3c(c2)CCC3)nn1-c1ccccc1. The summed E-state index contributed by atoms with van der Waals surface area (Å²) in [4.78, 5) is 12.9. The van der Waals surface area contributed by atoms with Gasteiger partial charge in [-0.05, 0) is 60.7 Å². The van der Waals surface area contributed by atoms with Gasteiger partial charge in [0.05, 0.1) is 17.1 Å². The normalized spacial score (nSPS) is 12.7. The van der Waals surface area contributed by atoms with E-state index in [2.05, 4.69) is 33.7 Å². The predicted octanol–water partition coefficient (Wildman–Crippen LogP) is 4.80. The number of nitrogens with one attached hydrogen (secondary N) is 1. The van der Waals surface area contributed by atoms with Gasteiger partial charge in [0.25, 0.3) is 0 Å². The lowest BCUT2D eigenvalue weighted by Crippen LogP contribution is -2.17. The number of anilines is 1. The molecule has 0 fully saturated rings. The molecule has 8 heteroatoms. The quantitative estimate of drug-likeness (QED) is 0.364. The standard InChI is InChI=1S/C26H22N6OS/c33-25(17-34-26-29-28-23-11-4-5-14-31(23)26)27-24-16-22(30-32(24)21-9-2-1-3-10-21)20-13-12-18-7-6-8-19(18)15-20/h1-5,9-16H,6-8,17H2,(H,27,33). The third-order valence-electron chi connectivity index (χ3n) is 5.99. The molecule has 0 atom stereocenters. The zero-order valence-electron chi connectivity index (χ0n) is 18.4. The Morgan fingerprint density at radius 2 is 1.79 bits per heavy atom. The molecule has 5 aromatic rings. The molecule has 0 unspecified atom stereocenters. The smallest absolute Gasteiger partial charge is 0.236 e. The summed E-state index contributed by atoms with van der Waals surface area (Å²) in [5.74, 6) is 0.720. The molecule has 0 radical (unpaired) electrons. The summed E-state index contributed by atoms with van der Waals surface area (Å²) < 4.78 is 3.66. The van der Waals surface area contributed by atoms with E-state index in [4.69, 9.17) is 5.10 Å². The molecule has 1 N–H and O–H groups in total. The van der Waals surface area contributed by atoms with Gasteiger partial charge in [-0.1, -0.05) is 48.2 Å². The fourth-order valence-corrected chi connectivity index (χ4v) is 5.06. The Hall–Kier alpha value is -3.91. The van der Waals surface area contributed by atoms with Gasteiger partial charge < -0.3 is 5.32 Å². The lowest BCUT2D eigenvalue weighted by atomic mass is 10.0. The first-order valence-corrected chi connectivity index (χ1v) is 12.2. The molecular weight excluding hydrogens is 444 g/mol. The maximum absolute atomic E-state index is 12.9. The number of carbonyl (C=O) groups excluding carboxylic acids is 1.